The standard InChI is InChI=1S/C17H27N3/c1-4-10-18-11-9-13(2)12-17-19-14(3)15-7-5-6-8-16(15)20-17/h5-7,13,16,18H,4,8-12H2,1-3H3. The molecule has 2 aliphatic rings. The topological polar surface area (TPSA) is 36.8 Å². The molecule has 0 bridgehead atoms. The Morgan fingerprint density at radius 3 is 3.05 bits per heavy atom. The van der Waals surface area contributed by atoms with E-state index in [1.165, 1.54) is 18.4 Å². The summed E-state index contributed by atoms with van der Waals surface area (Å²) >= 11 is 0. The molecule has 0 fully saturated rings. The van der Waals surface area contributed by atoms with Crippen LogP contribution in [0.2, 0.25) is 0 Å². The largest absolute Gasteiger partial charge is 0.317 e. The van der Waals surface area contributed by atoms with E-state index >= 15 is 0 Å². The zero-order chi connectivity index (χ0) is 14.4. The fraction of sp³-hybridized carbons (Fsp3) is 0.647. The van der Waals surface area contributed by atoms with Gasteiger partial charge in [-0.05, 0) is 50.8 Å². The van der Waals surface area contributed by atoms with Gasteiger partial charge in [0.05, 0.1) is 6.04 Å². The van der Waals surface area contributed by atoms with Gasteiger partial charge in [-0.15, -0.1) is 0 Å². The van der Waals surface area contributed by atoms with Crippen LogP contribution in [-0.4, -0.2) is 30.7 Å². The van der Waals surface area contributed by atoms with Crippen molar-refractivity contribution >= 4 is 11.5 Å². The second-order valence-corrected chi connectivity index (χ2v) is 5.89. The van der Waals surface area contributed by atoms with Crippen molar-refractivity contribution in [2.24, 2.45) is 15.9 Å². The molecule has 0 aromatic carbocycles. The summed E-state index contributed by atoms with van der Waals surface area (Å²) in [5.74, 6) is 1.68. The number of aliphatic imine (C=N–C) groups is 2. The van der Waals surface area contributed by atoms with Crippen molar-refractivity contribution < 1.29 is 0 Å². The van der Waals surface area contributed by atoms with E-state index in [9.17, 15) is 0 Å². The first-order chi connectivity index (χ1) is 9.70. The van der Waals surface area contributed by atoms with Crippen molar-refractivity contribution in [1.82, 2.24) is 5.32 Å². The number of fused-ring (bicyclic) bond motifs is 1. The number of hydrogen-bond donors (Lipinski definition) is 1. The Labute approximate surface area is 123 Å². The highest BCUT2D eigenvalue weighted by atomic mass is 15.0. The Kier molecular flexibility index (Phi) is 5.72. The number of nitrogens with zero attached hydrogens (tertiary/aromatic N) is 2. The van der Waals surface area contributed by atoms with Crippen molar-refractivity contribution in [2.75, 3.05) is 13.1 Å². The predicted molar refractivity (Wildman–Crippen MR) is 87.7 cm³/mol. The number of hydrogen-bond acceptors (Lipinski definition) is 3. The van der Waals surface area contributed by atoms with E-state index in [-0.39, 0.29) is 0 Å². The summed E-state index contributed by atoms with van der Waals surface area (Å²) in [5, 5.41) is 3.46. The first kappa shape index (κ1) is 15.2. The SMILES string of the molecule is CCCNCCC(C)CC1=NC2CC=CC=C2C(C)=N1. The molecule has 0 spiro atoms. The smallest absolute Gasteiger partial charge is 0.124 e. The van der Waals surface area contributed by atoms with Crippen LogP contribution in [0.4, 0.5) is 0 Å². The van der Waals surface area contributed by atoms with Gasteiger partial charge in [0.15, 0.2) is 0 Å². The molecule has 0 aromatic rings. The highest BCUT2D eigenvalue weighted by molar-refractivity contribution is 6.09. The highest BCUT2D eigenvalue weighted by Gasteiger charge is 2.22. The predicted octanol–water partition coefficient (Wildman–Crippen LogP) is 3.53. The molecular weight excluding hydrogens is 246 g/mol. The molecule has 0 saturated heterocycles. The lowest BCUT2D eigenvalue weighted by Crippen LogP contribution is -2.25. The Morgan fingerprint density at radius 1 is 1.40 bits per heavy atom. The first-order valence-electron chi connectivity index (χ1n) is 7.90. The highest BCUT2D eigenvalue weighted by Crippen LogP contribution is 2.24. The van der Waals surface area contributed by atoms with Crippen LogP contribution in [0.5, 0.6) is 0 Å². The average Bonchev–Trinajstić information content (AvgIpc) is 2.44. The van der Waals surface area contributed by atoms with Crippen LogP contribution < -0.4 is 5.32 Å². The summed E-state index contributed by atoms with van der Waals surface area (Å²) in [4.78, 5) is 9.52. The van der Waals surface area contributed by atoms with Gasteiger partial charge in [-0.1, -0.05) is 32.1 Å². The molecule has 2 rings (SSSR count). The van der Waals surface area contributed by atoms with Crippen molar-refractivity contribution in [3.63, 3.8) is 0 Å². The van der Waals surface area contributed by atoms with Gasteiger partial charge < -0.3 is 5.32 Å². The van der Waals surface area contributed by atoms with Gasteiger partial charge in [0, 0.05) is 12.1 Å². The lowest BCUT2D eigenvalue weighted by atomic mass is 9.94. The second-order valence-electron chi connectivity index (χ2n) is 5.89. The Morgan fingerprint density at radius 2 is 2.25 bits per heavy atom. The first-order valence-corrected chi connectivity index (χ1v) is 7.90. The van der Waals surface area contributed by atoms with Crippen LogP contribution >= 0.6 is 0 Å². The molecule has 2 unspecified atom stereocenters. The van der Waals surface area contributed by atoms with Gasteiger partial charge in [-0.25, -0.2) is 4.99 Å². The quantitative estimate of drug-likeness (QED) is 0.708. The second kappa shape index (κ2) is 7.53. The molecule has 1 aliphatic carbocycles. The third kappa shape index (κ3) is 4.14. The third-order valence-corrected chi connectivity index (χ3v) is 3.92. The van der Waals surface area contributed by atoms with Crippen LogP contribution in [-0.2, 0) is 0 Å². The minimum absolute atomic E-state index is 0.318. The average molecular weight is 273 g/mol. The summed E-state index contributed by atoms with van der Waals surface area (Å²) < 4.78 is 0. The molecule has 0 radical (unpaired) electrons. The van der Waals surface area contributed by atoms with Crippen molar-refractivity contribution in [1.29, 1.82) is 0 Å². The van der Waals surface area contributed by atoms with E-state index < -0.39 is 0 Å². The van der Waals surface area contributed by atoms with Gasteiger partial charge >= 0.3 is 0 Å². The van der Waals surface area contributed by atoms with Gasteiger partial charge in [-0.3, -0.25) is 4.99 Å². The minimum Gasteiger partial charge on any atom is -0.317 e. The van der Waals surface area contributed by atoms with Gasteiger partial charge in [0.1, 0.15) is 5.84 Å². The van der Waals surface area contributed by atoms with Crippen LogP contribution in [0.3, 0.4) is 0 Å². The molecule has 110 valence electrons. The van der Waals surface area contributed by atoms with Crippen molar-refractivity contribution in [3.8, 4) is 0 Å². The summed E-state index contributed by atoms with van der Waals surface area (Å²) in [7, 11) is 0. The van der Waals surface area contributed by atoms with Crippen LogP contribution in [0, 0.1) is 5.92 Å². The maximum absolute atomic E-state index is 4.83. The maximum atomic E-state index is 4.83. The van der Waals surface area contributed by atoms with Crippen molar-refractivity contribution in [3.05, 3.63) is 23.8 Å². The van der Waals surface area contributed by atoms with E-state index in [0.29, 0.717) is 12.0 Å². The van der Waals surface area contributed by atoms with E-state index in [2.05, 4.69) is 44.3 Å². The summed E-state index contributed by atoms with van der Waals surface area (Å²) in [6.07, 6.45) is 10.9. The fourth-order valence-corrected chi connectivity index (χ4v) is 2.73. The minimum atomic E-state index is 0.318. The van der Waals surface area contributed by atoms with Crippen molar-refractivity contribution in [2.45, 2.75) is 52.5 Å². The fourth-order valence-electron chi connectivity index (χ4n) is 2.73. The summed E-state index contributed by atoms with van der Waals surface area (Å²) in [6.45, 7) is 8.83. The molecule has 0 aromatic heterocycles. The summed E-state index contributed by atoms with van der Waals surface area (Å²) in [6, 6.07) is 0.318. The molecule has 1 aliphatic heterocycles. The summed E-state index contributed by atoms with van der Waals surface area (Å²) in [5.41, 5.74) is 2.45. The van der Waals surface area contributed by atoms with Crippen LogP contribution in [0.15, 0.2) is 33.8 Å². The zero-order valence-electron chi connectivity index (χ0n) is 13.0. The third-order valence-electron chi connectivity index (χ3n) is 3.92. The van der Waals surface area contributed by atoms with Crippen LogP contribution in [0.25, 0.3) is 0 Å². The normalized spacial score (nSPS) is 22.8. The zero-order valence-corrected chi connectivity index (χ0v) is 13.0. The number of nitrogens with one attached hydrogen (secondary N) is 1. The van der Waals surface area contributed by atoms with Gasteiger partial charge in [-0.2, -0.15) is 0 Å². The van der Waals surface area contributed by atoms with E-state index in [0.717, 1.165) is 37.5 Å². The number of amidine groups is 1. The van der Waals surface area contributed by atoms with Crippen LogP contribution in [0.1, 0.15) is 46.5 Å². The molecular formula is C17H27N3. The monoisotopic (exact) mass is 273 g/mol. The molecule has 1 heterocycles. The molecule has 2 atom stereocenters. The van der Waals surface area contributed by atoms with E-state index in [1.54, 1.807) is 0 Å². The number of allylic oxidation sites excluding steroid dienone is 2. The molecule has 20 heavy (non-hydrogen) atoms. The van der Waals surface area contributed by atoms with E-state index in [1.807, 2.05) is 0 Å². The molecule has 0 amide bonds. The van der Waals surface area contributed by atoms with Gasteiger partial charge in [0.25, 0.3) is 0 Å². The lowest BCUT2D eigenvalue weighted by molar-refractivity contribution is 0.512. The molecule has 0 saturated carbocycles. The van der Waals surface area contributed by atoms with Gasteiger partial charge in [0.2, 0.25) is 0 Å². The maximum Gasteiger partial charge on any atom is 0.124 e. The Bertz CT molecular complexity index is 443. The van der Waals surface area contributed by atoms with E-state index in [4.69, 9.17) is 9.98 Å². The lowest BCUT2D eigenvalue weighted by Gasteiger charge is -2.24. The Balaban J connectivity index is 1.86. The molecule has 3 heteroatoms. The number of rotatable bonds is 7. The molecule has 1 N–H and O–H groups in total. The Hall–Kier alpha value is -1.22. The molecule has 3 nitrogen and oxygen atoms in total.